The van der Waals surface area contributed by atoms with Gasteiger partial charge in [-0.3, -0.25) is 4.79 Å². The van der Waals surface area contributed by atoms with Gasteiger partial charge >= 0.3 is 6.03 Å². The number of thiazole rings is 1. The van der Waals surface area contributed by atoms with Gasteiger partial charge in [-0.1, -0.05) is 0 Å². The molecule has 1 aromatic carbocycles. The molecule has 2 heterocycles. The molecule has 2 aromatic rings. The van der Waals surface area contributed by atoms with Gasteiger partial charge in [-0.05, 0) is 50.3 Å². The van der Waals surface area contributed by atoms with E-state index in [9.17, 15) is 14.0 Å². The Balaban J connectivity index is 1.53. The van der Waals surface area contributed by atoms with Gasteiger partial charge in [0, 0.05) is 11.3 Å². The molecule has 26 heavy (non-hydrogen) atoms. The number of benzene rings is 1. The molecule has 0 spiro atoms. The fraction of sp³-hybridized carbons (Fsp3) is 0.389. The number of aryl methyl sites for hydroxylation is 3. The highest BCUT2D eigenvalue weighted by atomic mass is 32.1. The zero-order valence-corrected chi connectivity index (χ0v) is 15.1. The fourth-order valence-corrected chi connectivity index (χ4v) is 4.59. The summed E-state index contributed by atoms with van der Waals surface area (Å²) in [6.07, 6.45) is 3.58. The van der Waals surface area contributed by atoms with Crippen molar-refractivity contribution < 1.29 is 14.0 Å². The van der Waals surface area contributed by atoms with Crippen molar-refractivity contribution in [3.63, 3.8) is 0 Å². The van der Waals surface area contributed by atoms with Crippen molar-refractivity contribution >= 4 is 34.6 Å². The Hall–Kier alpha value is -2.48. The van der Waals surface area contributed by atoms with Gasteiger partial charge in [0.05, 0.1) is 28.1 Å². The third-order valence-corrected chi connectivity index (χ3v) is 5.73. The van der Waals surface area contributed by atoms with Gasteiger partial charge in [0.1, 0.15) is 5.82 Å². The van der Waals surface area contributed by atoms with E-state index in [1.165, 1.54) is 17.0 Å². The number of urea groups is 1. The fourth-order valence-electron chi connectivity index (χ4n) is 3.55. The highest BCUT2D eigenvalue weighted by Gasteiger charge is 2.26. The van der Waals surface area contributed by atoms with E-state index in [4.69, 9.17) is 0 Å². The summed E-state index contributed by atoms with van der Waals surface area (Å²) in [6, 6.07) is 2.04. The number of nitrogens with zero attached hydrogens (tertiary/aromatic N) is 1. The Morgan fingerprint density at radius 1 is 1.35 bits per heavy atom. The number of carbonyl (C=O) groups excluding carboxylic acids is 2. The third kappa shape index (κ3) is 3.29. The molecule has 1 aromatic heterocycles. The van der Waals surface area contributed by atoms with Crippen molar-refractivity contribution in [3.05, 3.63) is 39.1 Å². The molecule has 0 fully saturated rings. The quantitative estimate of drug-likeness (QED) is 0.750. The standard InChI is InChI=1S/C18H19FN4O2S/c1-9-20-17-12(3-2-4-14(17)26-9)21-18(25)22-13-8-11(19)7-10-5-6-15(24)23-16(10)13/h7-8,12H,2-6H2,1H3,(H,23,24)(H2,21,22,25)/t12-/m0/s1. The molecule has 1 aliphatic carbocycles. The van der Waals surface area contributed by atoms with Crippen LogP contribution in [-0.4, -0.2) is 16.9 Å². The number of amides is 3. The van der Waals surface area contributed by atoms with E-state index < -0.39 is 11.8 Å². The number of hydrogen-bond donors (Lipinski definition) is 3. The first-order chi connectivity index (χ1) is 12.5. The lowest BCUT2D eigenvalue weighted by Gasteiger charge is -2.24. The monoisotopic (exact) mass is 374 g/mol. The SMILES string of the molecule is Cc1nc2c(s1)CCC[C@@H]2NC(=O)Nc1cc(F)cc2c1NC(=O)CC2. The average Bonchev–Trinajstić information content (AvgIpc) is 2.97. The van der Waals surface area contributed by atoms with Crippen LogP contribution in [0.1, 0.15) is 46.4 Å². The van der Waals surface area contributed by atoms with E-state index in [0.717, 1.165) is 30.0 Å². The Morgan fingerprint density at radius 2 is 2.19 bits per heavy atom. The molecule has 2 aliphatic rings. The van der Waals surface area contributed by atoms with Crippen LogP contribution in [-0.2, 0) is 17.6 Å². The predicted molar refractivity (Wildman–Crippen MR) is 98.0 cm³/mol. The Labute approximate surface area is 154 Å². The van der Waals surface area contributed by atoms with Gasteiger partial charge in [0.25, 0.3) is 0 Å². The van der Waals surface area contributed by atoms with Crippen LogP contribution in [0.2, 0.25) is 0 Å². The number of rotatable bonds is 2. The molecule has 0 radical (unpaired) electrons. The first-order valence-corrected chi connectivity index (χ1v) is 9.47. The topological polar surface area (TPSA) is 83.1 Å². The molecule has 4 rings (SSSR count). The van der Waals surface area contributed by atoms with Crippen molar-refractivity contribution in [1.29, 1.82) is 0 Å². The summed E-state index contributed by atoms with van der Waals surface area (Å²) in [4.78, 5) is 29.9. The van der Waals surface area contributed by atoms with E-state index in [1.807, 2.05) is 6.92 Å². The minimum atomic E-state index is -0.440. The van der Waals surface area contributed by atoms with Crippen molar-refractivity contribution in [1.82, 2.24) is 10.3 Å². The predicted octanol–water partition coefficient (Wildman–Crippen LogP) is 3.67. The third-order valence-electron chi connectivity index (χ3n) is 4.69. The maximum Gasteiger partial charge on any atom is 0.319 e. The van der Waals surface area contributed by atoms with Gasteiger partial charge in [-0.25, -0.2) is 14.2 Å². The van der Waals surface area contributed by atoms with E-state index in [1.54, 1.807) is 11.3 Å². The van der Waals surface area contributed by atoms with E-state index in [0.29, 0.717) is 24.1 Å². The molecule has 6 nitrogen and oxygen atoms in total. The number of fused-ring (bicyclic) bond motifs is 2. The maximum atomic E-state index is 13.9. The van der Waals surface area contributed by atoms with E-state index in [-0.39, 0.29) is 17.6 Å². The van der Waals surface area contributed by atoms with Crippen LogP contribution in [0.25, 0.3) is 0 Å². The number of hydrogen-bond acceptors (Lipinski definition) is 4. The maximum absolute atomic E-state index is 13.9. The van der Waals surface area contributed by atoms with Crippen molar-refractivity contribution in [2.24, 2.45) is 0 Å². The molecular formula is C18H19FN4O2S. The Bertz CT molecular complexity index is 896. The van der Waals surface area contributed by atoms with Crippen molar-refractivity contribution in [2.45, 2.75) is 45.1 Å². The zero-order valence-electron chi connectivity index (χ0n) is 14.3. The molecule has 1 atom stereocenters. The summed E-state index contributed by atoms with van der Waals surface area (Å²) in [5.41, 5.74) is 2.38. The van der Waals surface area contributed by atoms with Gasteiger partial charge < -0.3 is 16.0 Å². The van der Waals surface area contributed by atoms with Crippen LogP contribution >= 0.6 is 11.3 Å². The molecule has 0 bridgehead atoms. The molecule has 0 unspecified atom stereocenters. The molecule has 1 aliphatic heterocycles. The smallest absolute Gasteiger partial charge is 0.319 e. The highest BCUT2D eigenvalue weighted by Crippen LogP contribution is 2.34. The van der Waals surface area contributed by atoms with Gasteiger partial charge in [-0.2, -0.15) is 0 Å². The van der Waals surface area contributed by atoms with Gasteiger partial charge in [0.15, 0.2) is 0 Å². The van der Waals surface area contributed by atoms with Crippen LogP contribution in [0.3, 0.4) is 0 Å². The molecule has 136 valence electrons. The van der Waals surface area contributed by atoms with E-state index >= 15 is 0 Å². The van der Waals surface area contributed by atoms with Crippen LogP contribution < -0.4 is 16.0 Å². The molecule has 3 N–H and O–H groups in total. The number of aromatic nitrogens is 1. The Kier molecular flexibility index (Phi) is 4.36. The van der Waals surface area contributed by atoms with Gasteiger partial charge in [-0.15, -0.1) is 11.3 Å². The Morgan fingerprint density at radius 3 is 3.04 bits per heavy atom. The first kappa shape index (κ1) is 17.0. The molecule has 0 saturated carbocycles. The number of carbonyl (C=O) groups is 2. The normalized spacial score (nSPS) is 18.5. The van der Waals surface area contributed by atoms with Crippen LogP contribution in [0.15, 0.2) is 12.1 Å². The summed E-state index contributed by atoms with van der Waals surface area (Å²) < 4.78 is 13.9. The second kappa shape index (κ2) is 6.68. The first-order valence-electron chi connectivity index (χ1n) is 8.65. The highest BCUT2D eigenvalue weighted by molar-refractivity contribution is 7.11. The second-order valence-corrected chi connectivity index (χ2v) is 7.91. The van der Waals surface area contributed by atoms with Crippen molar-refractivity contribution in [2.75, 3.05) is 10.6 Å². The van der Waals surface area contributed by atoms with Crippen LogP contribution in [0, 0.1) is 12.7 Å². The molecule has 8 heteroatoms. The lowest BCUT2D eigenvalue weighted by molar-refractivity contribution is -0.116. The van der Waals surface area contributed by atoms with Crippen LogP contribution in [0.4, 0.5) is 20.6 Å². The average molecular weight is 374 g/mol. The van der Waals surface area contributed by atoms with Gasteiger partial charge in [0.2, 0.25) is 5.91 Å². The summed E-state index contributed by atoms with van der Waals surface area (Å²) >= 11 is 1.67. The zero-order chi connectivity index (χ0) is 18.3. The number of nitrogens with one attached hydrogen (secondary N) is 3. The molecule has 0 saturated heterocycles. The lowest BCUT2D eigenvalue weighted by atomic mass is 9.98. The second-order valence-electron chi connectivity index (χ2n) is 6.62. The summed E-state index contributed by atoms with van der Waals surface area (Å²) in [7, 11) is 0. The van der Waals surface area contributed by atoms with Crippen molar-refractivity contribution in [3.8, 4) is 0 Å². The summed E-state index contributed by atoms with van der Waals surface area (Å²) in [6.45, 7) is 1.96. The number of anilines is 2. The van der Waals surface area contributed by atoms with Crippen LogP contribution in [0.5, 0.6) is 0 Å². The molecular weight excluding hydrogens is 355 g/mol. The number of halogens is 1. The minimum Gasteiger partial charge on any atom is -0.329 e. The largest absolute Gasteiger partial charge is 0.329 e. The summed E-state index contributed by atoms with van der Waals surface area (Å²) in [5, 5.41) is 9.34. The summed E-state index contributed by atoms with van der Waals surface area (Å²) in [5.74, 6) is -0.576. The minimum absolute atomic E-state index is 0.137. The molecule has 3 amide bonds. The van der Waals surface area contributed by atoms with E-state index in [2.05, 4.69) is 20.9 Å². The lowest BCUT2D eigenvalue weighted by Crippen LogP contribution is -2.35.